The predicted molar refractivity (Wildman–Crippen MR) is 56.4 cm³/mol. The number of esters is 1. The fourth-order valence-electron chi connectivity index (χ4n) is 1.21. The molecule has 1 rings (SSSR count). The van der Waals surface area contributed by atoms with E-state index in [4.69, 9.17) is 0 Å². The van der Waals surface area contributed by atoms with Gasteiger partial charge in [-0.3, -0.25) is 4.79 Å². The van der Waals surface area contributed by atoms with E-state index < -0.39 is 46.2 Å². The van der Waals surface area contributed by atoms with Crippen LogP contribution in [0, 0.1) is 23.3 Å². The van der Waals surface area contributed by atoms with Crippen molar-refractivity contribution in [1.82, 2.24) is 0 Å². The van der Waals surface area contributed by atoms with E-state index in [1.54, 1.807) is 0 Å². The van der Waals surface area contributed by atoms with Gasteiger partial charge in [0.15, 0.2) is 23.3 Å². The maximum Gasteiger partial charge on any atom is 0.341 e. The van der Waals surface area contributed by atoms with E-state index in [0.29, 0.717) is 0 Å². The Morgan fingerprint density at radius 1 is 1.16 bits per heavy atom. The van der Waals surface area contributed by atoms with Crippen LogP contribution in [0.5, 0.6) is 0 Å². The van der Waals surface area contributed by atoms with Crippen molar-refractivity contribution in [3.8, 4) is 0 Å². The summed E-state index contributed by atoms with van der Waals surface area (Å²) in [6, 6.07) is 0.153. The summed E-state index contributed by atoms with van der Waals surface area (Å²) in [5.41, 5.74) is -1.94. The number of rotatable bonds is 4. The predicted octanol–water partition coefficient (Wildman–Crippen LogP) is 2.55. The van der Waals surface area contributed by atoms with E-state index in [1.807, 2.05) is 0 Å². The molecule has 1 aromatic rings. The standard InChI is InChI=1S/C12H8F4O3/c1-3-19-12(18)5(2)11(17)6-4-7(13)9(15)10(16)8(6)14/h4H,2-3H2,1H3. The summed E-state index contributed by atoms with van der Waals surface area (Å²) in [5.74, 6) is -10.4. The summed E-state index contributed by atoms with van der Waals surface area (Å²) in [5, 5.41) is 0. The maximum absolute atomic E-state index is 13.3. The van der Waals surface area contributed by atoms with Gasteiger partial charge in [-0.1, -0.05) is 6.58 Å². The smallest absolute Gasteiger partial charge is 0.341 e. The Kier molecular flexibility index (Phi) is 4.42. The Balaban J connectivity index is 3.21. The first-order chi connectivity index (χ1) is 8.81. The van der Waals surface area contributed by atoms with Gasteiger partial charge in [-0.05, 0) is 13.0 Å². The van der Waals surface area contributed by atoms with Gasteiger partial charge in [-0.25, -0.2) is 22.4 Å². The Morgan fingerprint density at radius 3 is 2.26 bits per heavy atom. The van der Waals surface area contributed by atoms with Crippen LogP contribution in [0.3, 0.4) is 0 Å². The molecule has 0 N–H and O–H groups in total. The number of ether oxygens (including phenoxy) is 1. The number of ketones is 1. The number of benzene rings is 1. The number of carbonyl (C=O) groups excluding carboxylic acids is 2. The van der Waals surface area contributed by atoms with E-state index >= 15 is 0 Å². The summed E-state index contributed by atoms with van der Waals surface area (Å²) in [6.07, 6.45) is 0. The molecule has 0 saturated carbocycles. The molecule has 0 bridgehead atoms. The van der Waals surface area contributed by atoms with Crippen LogP contribution in [0.4, 0.5) is 17.6 Å². The van der Waals surface area contributed by atoms with Crippen LogP contribution in [0.15, 0.2) is 18.2 Å². The molecule has 102 valence electrons. The summed E-state index contributed by atoms with van der Waals surface area (Å²) in [4.78, 5) is 22.8. The molecule has 0 aliphatic heterocycles. The van der Waals surface area contributed by atoms with Crippen molar-refractivity contribution in [3.05, 3.63) is 47.1 Å². The monoisotopic (exact) mass is 276 g/mol. The normalized spacial score (nSPS) is 10.2. The number of Topliss-reactive ketones (excluding diaryl/α,β-unsaturated/α-hetero) is 1. The van der Waals surface area contributed by atoms with E-state index in [9.17, 15) is 27.2 Å². The lowest BCUT2D eigenvalue weighted by molar-refractivity contribution is -0.138. The van der Waals surface area contributed by atoms with Gasteiger partial charge in [0.1, 0.15) is 5.57 Å². The second kappa shape index (κ2) is 5.64. The Labute approximate surface area is 105 Å². The van der Waals surface area contributed by atoms with Crippen molar-refractivity contribution in [1.29, 1.82) is 0 Å². The lowest BCUT2D eigenvalue weighted by atomic mass is 10.0. The van der Waals surface area contributed by atoms with Gasteiger partial charge < -0.3 is 4.74 Å². The highest BCUT2D eigenvalue weighted by molar-refractivity contribution is 6.23. The Hall–Kier alpha value is -2.18. The minimum atomic E-state index is -2.14. The fraction of sp³-hybridized carbons (Fsp3) is 0.167. The Morgan fingerprint density at radius 2 is 1.74 bits per heavy atom. The molecular formula is C12H8F4O3. The minimum Gasteiger partial charge on any atom is -0.462 e. The molecule has 1 aromatic carbocycles. The zero-order chi connectivity index (χ0) is 14.7. The van der Waals surface area contributed by atoms with Crippen molar-refractivity contribution >= 4 is 11.8 Å². The van der Waals surface area contributed by atoms with Crippen LogP contribution in [0.25, 0.3) is 0 Å². The zero-order valence-electron chi connectivity index (χ0n) is 9.73. The van der Waals surface area contributed by atoms with E-state index in [1.165, 1.54) is 6.92 Å². The van der Waals surface area contributed by atoms with Crippen molar-refractivity contribution in [2.24, 2.45) is 0 Å². The lowest BCUT2D eigenvalue weighted by Crippen LogP contribution is -2.17. The largest absolute Gasteiger partial charge is 0.462 e. The molecule has 0 amide bonds. The first-order valence-corrected chi connectivity index (χ1v) is 5.04. The highest BCUT2D eigenvalue weighted by Crippen LogP contribution is 2.21. The average molecular weight is 276 g/mol. The first kappa shape index (κ1) is 14.9. The molecular weight excluding hydrogens is 268 g/mol. The molecule has 3 nitrogen and oxygen atoms in total. The molecule has 0 unspecified atom stereocenters. The topological polar surface area (TPSA) is 43.4 Å². The van der Waals surface area contributed by atoms with E-state index in [2.05, 4.69) is 11.3 Å². The zero-order valence-corrected chi connectivity index (χ0v) is 9.73. The van der Waals surface area contributed by atoms with Crippen LogP contribution in [-0.2, 0) is 9.53 Å². The van der Waals surface area contributed by atoms with Gasteiger partial charge in [0, 0.05) is 0 Å². The summed E-state index contributed by atoms with van der Waals surface area (Å²) >= 11 is 0. The maximum atomic E-state index is 13.3. The second-order valence-electron chi connectivity index (χ2n) is 3.38. The molecule has 0 fully saturated rings. The van der Waals surface area contributed by atoms with Gasteiger partial charge in [-0.15, -0.1) is 0 Å². The molecule has 0 saturated heterocycles. The Bertz CT molecular complexity index is 567. The molecule has 19 heavy (non-hydrogen) atoms. The van der Waals surface area contributed by atoms with Crippen molar-refractivity contribution < 1.29 is 31.9 Å². The van der Waals surface area contributed by atoms with Gasteiger partial charge in [0.25, 0.3) is 0 Å². The third-order valence-electron chi connectivity index (χ3n) is 2.14. The van der Waals surface area contributed by atoms with Crippen LogP contribution in [-0.4, -0.2) is 18.4 Å². The summed E-state index contributed by atoms with van der Waals surface area (Å²) in [7, 11) is 0. The lowest BCUT2D eigenvalue weighted by Gasteiger charge is -2.07. The summed E-state index contributed by atoms with van der Waals surface area (Å²) < 4.78 is 56.3. The second-order valence-corrected chi connectivity index (χ2v) is 3.38. The van der Waals surface area contributed by atoms with Crippen LogP contribution in [0.1, 0.15) is 17.3 Å². The average Bonchev–Trinajstić information content (AvgIpc) is 2.39. The first-order valence-electron chi connectivity index (χ1n) is 5.04. The van der Waals surface area contributed by atoms with Crippen molar-refractivity contribution in [2.45, 2.75) is 6.92 Å². The van der Waals surface area contributed by atoms with Gasteiger partial charge >= 0.3 is 5.97 Å². The van der Waals surface area contributed by atoms with Crippen LogP contribution < -0.4 is 0 Å². The van der Waals surface area contributed by atoms with Gasteiger partial charge in [-0.2, -0.15) is 0 Å². The fourth-order valence-corrected chi connectivity index (χ4v) is 1.21. The molecule has 0 aliphatic rings. The van der Waals surface area contributed by atoms with Crippen LogP contribution in [0.2, 0.25) is 0 Å². The third kappa shape index (κ3) is 2.81. The molecule has 0 atom stereocenters. The number of hydrogen-bond donors (Lipinski definition) is 0. The molecule has 0 radical (unpaired) electrons. The van der Waals surface area contributed by atoms with Gasteiger partial charge in [0.05, 0.1) is 12.2 Å². The minimum absolute atomic E-state index is 0.0697. The molecule has 0 spiro atoms. The quantitative estimate of drug-likeness (QED) is 0.124. The van der Waals surface area contributed by atoms with E-state index in [-0.39, 0.29) is 12.7 Å². The number of hydrogen-bond acceptors (Lipinski definition) is 3. The highest BCUT2D eigenvalue weighted by Gasteiger charge is 2.27. The van der Waals surface area contributed by atoms with E-state index in [0.717, 1.165) is 0 Å². The molecule has 0 heterocycles. The van der Waals surface area contributed by atoms with Gasteiger partial charge in [0.2, 0.25) is 5.78 Å². The van der Waals surface area contributed by atoms with Crippen LogP contribution >= 0.6 is 0 Å². The number of carbonyl (C=O) groups is 2. The third-order valence-corrected chi connectivity index (χ3v) is 2.14. The molecule has 7 heteroatoms. The van der Waals surface area contributed by atoms with Crippen molar-refractivity contribution in [2.75, 3.05) is 6.61 Å². The highest BCUT2D eigenvalue weighted by atomic mass is 19.2. The number of halogens is 4. The molecule has 0 aliphatic carbocycles. The summed E-state index contributed by atoms with van der Waals surface area (Å²) in [6.45, 7) is 4.43. The van der Waals surface area contributed by atoms with Crippen molar-refractivity contribution in [3.63, 3.8) is 0 Å². The molecule has 0 aromatic heterocycles. The SMILES string of the molecule is C=C(C(=O)OCC)C(=O)c1cc(F)c(F)c(F)c1F.